The second-order valence-electron chi connectivity index (χ2n) is 5.41. The second-order valence-corrected chi connectivity index (χ2v) is 7.70. The Labute approximate surface area is 150 Å². The van der Waals surface area contributed by atoms with Crippen LogP contribution in [0.1, 0.15) is 16.3 Å². The van der Waals surface area contributed by atoms with E-state index in [9.17, 15) is 0 Å². The van der Waals surface area contributed by atoms with Gasteiger partial charge >= 0.3 is 0 Å². The van der Waals surface area contributed by atoms with Gasteiger partial charge in [-0.15, -0.1) is 23.1 Å². The summed E-state index contributed by atoms with van der Waals surface area (Å²) in [5, 5.41) is 2.25. The highest BCUT2D eigenvalue weighted by atomic mass is 32.2. The summed E-state index contributed by atoms with van der Waals surface area (Å²) in [6, 6.07) is 7.64. The molecule has 0 amide bonds. The first-order chi connectivity index (χ1) is 11.6. The molecule has 0 radical (unpaired) electrons. The smallest absolute Gasteiger partial charge is 0.128 e. The first-order valence-electron chi connectivity index (χ1n) is 7.72. The molecule has 0 unspecified atom stereocenters. The van der Waals surface area contributed by atoms with Crippen LogP contribution in [0.2, 0.25) is 0 Å². The van der Waals surface area contributed by atoms with Crippen LogP contribution in [0.15, 0.2) is 29.3 Å². The number of fused-ring (bicyclic) bond motifs is 1. The van der Waals surface area contributed by atoms with Gasteiger partial charge in [0.15, 0.2) is 0 Å². The number of rotatable bonds is 6. The van der Waals surface area contributed by atoms with Crippen molar-refractivity contribution in [2.45, 2.75) is 25.8 Å². The second kappa shape index (κ2) is 7.40. The van der Waals surface area contributed by atoms with Crippen molar-refractivity contribution < 1.29 is 9.47 Å². The van der Waals surface area contributed by atoms with Gasteiger partial charge in [-0.05, 0) is 50.6 Å². The van der Waals surface area contributed by atoms with Crippen molar-refractivity contribution in [3.05, 3.63) is 40.5 Å². The molecule has 0 saturated carbocycles. The topological polar surface area (TPSA) is 44.2 Å². The summed E-state index contributed by atoms with van der Waals surface area (Å²) >= 11 is 3.46. The van der Waals surface area contributed by atoms with Crippen LogP contribution in [0.5, 0.6) is 11.5 Å². The normalized spacial score (nSPS) is 11.0. The Morgan fingerprint density at radius 1 is 1.04 bits per heavy atom. The average Bonchev–Trinajstić information content (AvgIpc) is 2.86. The maximum atomic E-state index is 5.79. The molecular formula is C18H20N2O2S2. The predicted molar refractivity (Wildman–Crippen MR) is 101 cm³/mol. The minimum atomic E-state index is 0.629. The van der Waals surface area contributed by atoms with E-state index < -0.39 is 0 Å². The maximum absolute atomic E-state index is 5.79. The number of hydrogen-bond donors (Lipinski definition) is 0. The molecule has 126 valence electrons. The molecule has 24 heavy (non-hydrogen) atoms. The molecule has 0 fully saturated rings. The van der Waals surface area contributed by atoms with E-state index in [0.29, 0.717) is 6.61 Å². The van der Waals surface area contributed by atoms with Gasteiger partial charge < -0.3 is 9.47 Å². The van der Waals surface area contributed by atoms with E-state index in [4.69, 9.17) is 9.47 Å². The van der Waals surface area contributed by atoms with Gasteiger partial charge in [0.2, 0.25) is 0 Å². The van der Waals surface area contributed by atoms with E-state index >= 15 is 0 Å². The third-order valence-corrected chi connectivity index (χ3v) is 5.80. The van der Waals surface area contributed by atoms with Crippen LogP contribution in [0, 0.1) is 20.8 Å². The van der Waals surface area contributed by atoms with Gasteiger partial charge in [-0.2, -0.15) is 0 Å². The van der Waals surface area contributed by atoms with E-state index in [1.54, 1.807) is 30.2 Å². The zero-order valence-corrected chi connectivity index (χ0v) is 15.9. The van der Waals surface area contributed by atoms with Crippen molar-refractivity contribution in [1.82, 2.24) is 9.97 Å². The SMILES string of the molecule is COc1ccc(OCCSc2nc(C)nc3sc(C)c(C)c23)cc1. The van der Waals surface area contributed by atoms with Gasteiger partial charge in [-0.3, -0.25) is 0 Å². The lowest BCUT2D eigenvalue weighted by atomic mass is 10.2. The Morgan fingerprint density at radius 3 is 2.46 bits per heavy atom. The summed E-state index contributed by atoms with van der Waals surface area (Å²) in [6.45, 7) is 6.86. The minimum absolute atomic E-state index is 0.629. The Balaban J connectivity index is 1.65. The van der Waals surface area contributed by atoms with Crippen LogP contribution in [0.4, 0.5) is 0 Å². The zero-order valence-electron chi connectivity index (χ0n) is 14.3. The molecule has 2 aromatic heterocycles. The largest absolute Gasteiger partial charge is 0.497 e. The minimum Gasteiger partial charge on any atom is -0.497 e. The number of methoxy groups -OCH3 is 1. The summed E-state index contributed by atoms with van der Waals surface area (Å²) in [4.78, 5) is 11.6. The lowest BCUT2D eigenvalue weighted by Crippen LogP contribution is -2.01. The van der Waals surface area contributed by atoms with E-state index in [1.807, 2.05) is 31.2 Å². The summed E-state index contributed by atoms with van der Waals surface area (Å²) in [5.41, 5.74) is 1.29. The quantitative estimate of drug-likeness (QED) is 0.359. The highest BCUT2D eigenvalue weighted by Gasteiger charge is 2.13. The van der Waals surface area contributed by atoms with Crippen LogP contribution in [-0.4, -0.2) is 29.4 Å². The van der Waals surface area contributed by atoms with E-state index in [1.165, 1.54) is 15.8 Å². The van der Waals surface area contributed by atoms with Crippen molar-refractivity contribution in [1.29, 1.82) is 0 Å². The summed E-state index contributed by atoms with van der Waals surface area (Å²) < 4.78 is 10.9. The molecule has 3 aromatic rings. The molecule has 0 aliphatic heterocycles. The zero-order chi connectivity index (χ0) is 17.1. The third kappa shape index (κ3) is 3.65. The van der Waals surface area contributed by atoms with Crippen LogP contribution in [0.25, 0.3) is 10.2 Å². The molecule has 0 saturated heterocycles. The molecule has 4 nitrogen and oxygen atoms in total. The molecule has 0 aliphatic rings. The van der Waals surface area contributed by atoms with Gasteiger partial charge in [0.1, 0.15) is 27.2 Å². The highest BCUT2D eigenvalue weighted by Crippen LogP contribution is 2.35. The monoisotopic (exact) mass is 360 g/mol. The summed E-state index contributed by atoms with van der Waals surface area (Å²) in [5.74, 6) is 3.34. The molecule has 0 aliphatic carbocycles. The lowest BCUT2D eigenvalue weighted by Gasteiger charge is -2.08. The predicted octanol–water partition coefficient (Wildman–Crippen LogP) is 4.80. The van der Waals surface area contributed by atoms with Crippen LogP contribution in [-0.2, 0) is 0 Å². The Bertz CT molecular complexity index is 844. The number of aromatic nitrogens is 2. The standard InChI is InChI=1S/C18H20N2O2S2/c1-11-12(2)24-18-16(11)17(19-13(3)20-18)23-10-9-22-15-7-5-14(21-4)6-8-15/h5-8H,9-10H2,1-4H3. The van der Waals surface area contributed by atoms with E-state index in [2.05, 4.69) is 23.8 Å². The number of thiophene rings is 1. The van der Waals surface area contributed by atoms with Crippen molar-refractivity contribution in [2.75, 3.05) is 19.5 Å². The molecular weight excluding hydrogens is 340 g/mol. The fraction of sp³-hybridized carbons (Fsp3) is 0.333. The summed E-state index contributed by atoms with van der Waals surface area (Å²) in [6.07, 6.45) is 0. The molecule has 0 N–H and O–H groups in total. The van der Waals surface area contributed by atoms with Crippen LogP contribution >= 0.6 is 23.1 Å². The number of nitrogens with zero attached hydrogens (tertiary/aromatic N) is 2. The van der Waals surface area contributed by atoms with Crippen molar-refractivity contribution in [3.63, 3.8) is 0 Å². The molecule has 6 heteroatoms. The van der Waals surface area contributed by atoms with Crippen LogP contribution in [0.3, 0.4) is 0 Å². The Hall–Kier alpha value is -1.79. The number of aryl methyl sites for hydroxylation is 3. The number of thioether (sulfide) groups is 1. The molecule has 0 bridgehead atoms. The first-order valence-corrected chi connectivity index (χ1v) is 9.52. The van der Waals surface area contributed by atoms with Gasteiger partial charge in [-0.25, -0.2) is 9.97 Å². The molecule has 0 spiro atoms. The van der Waals surface area contributed by atoms with E-state index in [0.717, 1.165) is 32.9 Å². The third-order valence-electron chi connectivity index (χ3n) is 3.76. The first kappa shape index (κ1) is 17.0. The molecule has 0 atom stereocenters. The van der Waals surface area contributed by atoms with Gasteiger partial charge in [-0.1, -0.05) is 0 Å². The summed E-state index contributed by atoms with van der Waals surface area (Å²) in [7, 11) is 1.66. The Kier molecular flexibility index (Phi) is 5.26. The highest BCUT2D eigenvalue weighted by molar-refractivity contribution is 7.99. The number of benzene rings is 1. The number of hydrogen-bond acceptors (Lipinski definition) is 6. The van der Waals surface area contributed by atoms with Crippen molar-refractivity contribution in [3.8, 4) is 11.5 Å². The molecule has 3 rings (SSSR count). The fourth-order valence-electron chi connectivity index (χ4n) is 2.39. The van der Waals surface area contributed by atoms with Gasteiger partial charge in [0, 0.05) is 16.0 Å². The average molecular weight is 361 g/mol. The van der Waals surface area contributed by atoms with Gasteiger partial charge in [0.25, 0.3) is 0 Å². The van der Waals surface area contributed by atoms with Crippen molar-refractivity contribution >= 4 is 33.3 Å². The van der Waals surface area contributed by atoms with E-state index in [-0.39, 0.29) is 0 Å². The molecule has 1 aromatic carbocycles. The van der Waals surface area contributed by atoms with Crippen molar-refractivity contribution in [2.24, 2.45) is 0 Å². The number of ether oxygens (including phenoxy) is 2. The van der Waals surface area contributed by atoms with Gasteiger partial charge in [0.05, 0.1) is 13.7 Å². The molecule has 2 heterocycles. The Morgan fingerprint density at radius 2 is 1.75 bits per heavy atom. The fourth-order valence-corrected chi connectivity index (χ4v) is 4.48. The lowest BCUT2D eigenvalue weighted by molar-refractivity contribution is 0.342. The maximum Gasteiger partial charge on any atom is 0.128 e. The van der Waals surface area contributed by atoms with Crippen LogP contribution < -0.4 is 9.47 Å².